The number of urea groups is 1. The Morgan fingerprint density at radius 1 is 1.32 bits per heavy atom. The molecule has 0 radical (unpaired) electrons. The molecule has 1 heterocycles. The van der Waals surface area contributed by atoms with Crippen molar-refractivity contribution in [1.82, 2.24) is 4.90 Å². The summed E-state index contributed by atoms with van der Waals surface area (Å²) in [7, 11) is 0. The highest BCUT2D eigenvalue weighted by Crippen LogP contribution is 2.28. The Morgan fingerprint density at radius 2 is 2.00 bits per heavy atom. The highest BCUT2D eigenvalue weighted by atomic mass is 79.9. The lowest BCUT2D eigenvalue weighted by Crippen LogP contribution is -2.38. The summed E-state index contributed by atoms with van der Waals surface area (Å²) in [6.45, 7) is 1.48. The number of carbonyl (C=O) groups excluding carboxylic acids is 1. The number of rotatable bonds is 2. The zero-order valence-electron chi connectivity index (χ0n) is 10.3. The van der Waals surface area contributed by atoms with E-state index in [2.05, 4.69) is 21.2 Å². The average Bonchev–Trinajstić information content (AvgIpc) is 2.41. The van der Waals surface area contributed by atoms with E-state index < -0.39 is 4.92 Å². The molecule has 102 valence electrons. The Balaban J connectivity index is 2.08. The van der Waals surface area contributed by atoms with Gasteiger partial charge in [0.25, 0.3) is 5.69 Å². The van der Waals surface area contributed by atoms with Gasteiger partial charge in [-0.1, -0.05) is 0 Å². The van der Waals surface area contributed by atoms with Crippen LogP contribution in [0.15, 0.2) is 22.7 Å². The number of anilines is 1. The molecule has 1 aromatic rings. The average molecular weight is 328 g/mol. The Morgan fingerprint density at radius 3 is 2.63 bits per heavy atom. The minimum Gasteiger partial charge on any atom is -0.325 e. The fourth-order valence-corrected chi connectivity index (χ4v) is 2.42. The van der Waals surface area contributed by atoms with Crippen LogP contribution in [0.5, 0.6) is 0 Å². The minimum absolute atomic E-state index is 0.0588. The first-order valence-corrected chi connectivity index (χ1v) is 6.87. The van der Waals surface area contributed by atoms with Crippen molar-refractivity contribution in [2.24, 2.45) is 0 Å². The zero-order valence-corrected chi connectivity index (χ0v) is 11.9. The maximum Gasteiger partial charge on any atom is 0.321 e. The number of hydrogen-bond donors (Lipinski definition) is 1. The molecule has 1 aromatic carbocycles. The number of likely N-dealkylation sites (tertiary alicyclic amines) is 1. The van der Waals surface area contributed by atoms with Gasteiger partial charge in [0.15, 0.2) is 0 Å². The van der Waals surface area contributed by atoms with Crippen LogP contribution in [0.1, 0.15) is 19.3 Å². The Kier molecular flexibility index (Phi) is 4.36. The first kappa shape index (κ1) is 13.8. The lowest BCUT2D eigenvalue weighted by Gasteiger charge is -2.26. The summed E-state index contributed by atoms with van der Waals surface area (Å²) >= 11 is 3.11. The van der Waals surface area contributed by atoms with Crippen LogP contribution in [0.25, 0.3) is 0 Å². The largest absolute Gasteiger partial charge is 0.325 e. The molecule has 0 aromatic heterocycles. The SMILES string of the molecule is O=C(Nc1ccc(Br)c([N+](=O)[O-])c1)N1CCCCC1. The van der Waals surface area contributed by atoms with Crippen molar-refractivity contribution in [1.29, 1.82) is 0 Å². The highest BCUT2D eigenvalue weighted by molar-refractivity contribution is 9.10. The standard InChI is InChI=1S/C12H14BrN3O3/c13-10-5-4-9(8-11(10)16(18)19)14-12(17)15-6-2-1-3-7-15/h4-5,8H,1-3,6-7H2,(H,14,17). The van der Waals surface area contributed by atoms with Gasteiger partial charge in [-0.25, -0.2) is 4.79 Å². The van der Waals surface area contributed by atoms with E-state index in [0.29, 0.717) is 10.2 Å². The van der Waals surface area contributed by atoms with E-state index in [9.17, 15) is 14.9 Å². The molecule has 0 bridgehead atoms. The van der Waals surface area contributed by atoms with E-state index in [4.69, 9.17) is 0 Å². The van der Waals surface area contributed by atoms with Crippen molar-refractivity contribution in [3.05, 3.63) is 32.8 Å². The van der Waals surface area contributed by atoms with Crippen LogP contribution in [0.3, 0.4) is 0 Å². The van der Waals surface area contributed by atoms with Gasteiger partial charge in [0.2, 0.25) is 0 Å². The van der Waals surface area contributed by atoms with E-state index in [1.807, 2.05) is 0 Å². The molecule has 2 rings (SSSR count). The predicted molar refractivity (Wildman–Crippen MR) is 75.2 cm³/mol. The van der Waals surface area contributed by atoms with Gasteiger partial charge in [-0.3, -0.25) is 10.1 Å². The number of nitrogens with zero attached hydrogens (tertiary/aromatic N) is 2. The van der Waals surface area contributed by atoms with Crippen molar-refractivity contribution in [2.75, 3.05) is 18.4 Å². The number of nitrogens with one attached hydrogen (secondary N) is 1. The fraction of sp³-hybridized carbons (Fsp3) is 0.417. The third kappa shape index (κ3) is 3.44. The monoisotopic (exact) mass is 327 g/mol. The molecule has 0 saturated carbocycles. The summed E-state index contributed by atoms with van der Waals surface area (Å²) in [6, 6.07) is 4.35. The number of piperidine rings is 1. The van der Waals surface area contributed by atoms with Crippen molar-refractivity contribution in [3.63, 3.8) is 0 Å². The van der Waals surface area contributed by atoms with Crippen molar-refractivity contribution >= 4 is 33.3 Å². The highest BCUT2D eigenvalue weighted by Gasteiger charge is 2.18. The topological polar surface area (TPSA) is 75.5 Å². The molecule has 2 amide bonds. The van der Waals surface area contributed by atoms with Gasteiger partial charge in [0.1, 0.15) is 0 Å². The number of nitro benzene ring substituents is 1. The smallest absolute Gasteiger partial charge is 0.321 e. The van der Waals surface area contributed by atoms with Crippen LogP contribution < -0.4 is 5.32 Å². The molecular formula is C12H14BrN3O3. The number of carbonyl (C=O) groups is 1. The van der Waals surface area contributed by atoms with E-state index in [-0.39, 0.29) is 11.7 Å². The lowest BCUT2D eigenvalue weighted by atomic mass is 10.1. The normalized spacial score (nSPS) is 15.1. The van der Waals surface area contributed by atoms with Crippen LogP contribution in [0.4, 0.5) is 16.2 Å². The van der Waals surface area contributed by atoms with Gasteiger partial charge in [0, 0.05) is 24.8 Å². The molecule has 0 spiro atoms. The van der Waals surface area contributed by atoms with Gasteiger partial charge in [-0.15, -0.1) is 0 Å². The predicted octanol–water partition coefficient (Wildman–Crippen LogP) is 3.38. The molecule has 1 aliphatic heterocycles. The molecule has 0 aliphatic carbocycles. The third-order valence-electron chi connectivity index (χ3n) is 3.04. The minimum atomic E-state index is -0.485. The molecule has 7 heteroatoms. The molecule has 19 heavy (non-hydrogen) atoms. The molecule has 0 unspecified atom stereocenters. The van der Waals surface area contributed by atoms with Crippen molar-refractivity contribution in [2.45, 2.75) is 19.3 Å². The molecule has 1 saturated heterocycles. The Hall–Kier alpha value is -1.63. The van der Waals surface area contributed by atoms with E-state index in [1.54, 1.807) is 17.0 Å². The number of benzene rings is 1. The van der Waals surface area contributed by atoms with Gasteiger partial charge >= 0.3 is 6.03 Å². The van der Waals surface area contributed by atoms with Crippen LogP contribution >= 0.6 is 15.9 Å². The number of nitro groups is 1. The number of halogens is 1. The molecule has 1 aliphatic rings. The van der Waals surface area contributed by atoms with E-state index in [1.165, 1.54) is 6.07 Å². The molecule has 1 N–H and O–H groups in total. The second-order valence-electron chi connectivity index (χ2n) is 4.40. The summed E-state index contributed by atoms with van der Waals surface area (Å²) in [4.78, 5) is 24.0. The molecule has 0 atom stereocenters. The Labute approximate surface area is 119 Å². The maximum absolute atomic E-state index is 12.0. The summed E-state index contributed by atoms with van der Waals surface area (Å²) in [5, 5.41) is 13.5. The number of hydrogen-bond acceptors (Lipinski definition) is 3. The van der Waals surface area contributed by atoms with Gasteiger partial charge in [0.05, 0.1) is 9.40 Å². The van der Waals surface area contributed by atoms with Crippen molar-refractivity contribution in [3.8, 4) is 0 Å². The first-order valence-electron chi connectivity index (χ1n) is 6.08. The zero-order chi connectivity index (χ0) is 13.8. The quantitative estimate of drug-likeness (QED) is 0.668. The van der Waals surface area contributed by atoms with Crippen LogP contribution in [0, 0.1) is 10.1 Å². The summed E-state index contributed by atoms with van der Waals surface area (Å²) in [6.07, 6.45) is 3.16. The molecule has 6 nitrogen and oxygen atoms in total. The fourth-order valence-electron chi connectivity index (χ4n) is 2.03. The van der Waals surface area contributed by atoms with Crippen LogP contribution in [-0.2, 0) is 0 Å². The summed E-state index contributed by atoms with van der Waals surface area (Å²) < 4.78 is 0.397. The third-order valence-corrected chi connectivity index (χ3v) is 3.71. The van der Waals surface area contributed by atoms with E-state index in [0.717, 1.165) is 32.4 Å². The molecule has 1 fully saturated rings. The van der Waals surface area contributed by atoms with Crippen LogP contribution in [-0.4, -0.2) is 28.9 Å². The van der Waals surface area contributed by atoms with Gasteiger partial charge < -0.3 is 10.2 Å². The maximum atomic E-state index is 12.0. The van der Waals surface area contributed by atoms with E-state index >= 15 is 0 Å². The summed E-state index contributed by atoms with van der Waals surface area (Å²) in [5.41, 5.74) is 0.377. The second-order valence-corrected chi connectivity index (χ2v) is 5.26. The second kappa shape index (κ2) is 6.01. The van der Waals surface area contributed by atoms with Crippen molar-refractivity contribution < 1.29 is 9.72 Å². The lowest BCUT2D eigenvalue weighted by molar-refractivity contribution is -0.385. The van der Waals surface area contributed by atoms with Gasteiger partial charge in [-0.05, 0) is 47.3 Å². The van der Waals surface area contributed by atoms with Crippen LogP contribution in [0.2, 0.25) is 0 Å². The number of amides is 2. The Bertz CT molecular complexity index is 501. The first-order chi connectivity index (χ1) is 9.08. The summed E-state index contributed by atoms with van der Waals surface area (Å²) in [5.74, 6) is 0. The molecular weight excluding hydrogens is 314 g/mol. The van der Waals surface area contributed by atoms with Gasteiger partial charge in [-0.2, -0.15) is 0 Å².